The highest BCUT2D eigenvalue weighted by molar-refractivity contribution is 4.86. The maximum atomic E-state index is 10.5. The molecule has 16 heavy (non-hydrogen) atoms. The van der Waals surface area contributed by atoms with Crippen LogP contribution in [0.3, 0.4) is 0 Å². The summed E-state index contributed by atoms with van der Waals surface area (Å²) in [5, 5.41) is 10.5. The van der Waals surface area contributed by atoms with E-state index < -0.39 is 5.60 Å². The van der Waals surface area contributed by atoms with Crippen LogP contribution in [0.15, 0.2) is 0 Å². The SMILES string of the molecule is COCCN(CC1(O)CCCCC1)C(C)C. The Morgan fingerprint density at radius 3 is 2.38 bits per heavy atom. The zero-order valence-electron chi connectivity index (χ0n) is 11.0. The minimum absolute atomic E-state index is 0.448. The van der Waals surface area contributed by atoms with Crippen LogP contribution in [0.25, 0.3) is 0 Å². The lowest BCUT2D eigenvalue weighted by atomic mass is 9.84. The van der Waals surface area contributed by atoms with E-state index in [1.165, 1.54) is 19.3 Å². The average molecular weight is 229 g/mol. The van der Waals surface area contributed by atoms with E-state index in [1.54, 1.807) is 7.11 Å². The van der Waals surface area contributed by atoms with Crippen LogP contribution < -0.4 is 0 Å². The maximum Gasteiger partial charge on any atom is 0.0774 e. The van der Waals surface area contributed by atoms with Crippen LogP contribution in [0.5, 0.6) is 0 Å². The lowest BCUT2D eigenvalue weighted by Gasteiger charge is -2.38. The fourth-order valence-corrected chi connectivity index (χ4v) is 2.47. The second kappa shape index (κ2) is 6.58. The topological polar surface area (TPSA) is 32.7 Å². The molecule has 0 amide bonds. The van der Waals surface area contributed by atoms with Gasteiger partial charge in [0.2, 0.25) is 0 Å². The molecule has 1 fully saturated rings. The predicted octanol–water partition coefficient (Wildman–Crippen LogP) is 2.04. The predicted molar refractivity (Wildman–Crippen MR) is 66.6 cm³/mol. The smallest absolute Gasteiger partial charge is 0.0774 e. The van der Waals surface area contributed by atoms with E-state index in [0.29, 0.717) is 6.04 Å². The summed E-state index contributed by atoms with van der Waals surface area (Å²) in [6, 6.07) is 0.473. The summed E-state index contributed by atoms with van der Waals surface area (Å²) in [6.07, 6.45) is 5.55. The number of aliphatic hydroxyl groups is 1. The molecule has 3 nitrogen and oxygen atoms in total. The van der Waals surface area contributed by atoms with Gasteiger partial charge in [-0.25, -0.2) is 0 Å². The summed E-state index contributed by atoms with van der Waals surface area (Å²) in [5.41, 5.74) is -0.448. The van der Waals surface area contributed by atoms with Crippen molar-refractivity contribution in [3.8, 4) is 0 Å². The molecule has 0 radical (unpaired) electrons. The second-order valence-electron chi connectivity index (χ2n) is 5.34. The molecular formula is C13H27NO2. The Hall–Kier alpha value is -0.120. The Balaban J connectivity index is 2.45. The second-order valence-corrected chi connectivity index (χ2v) is 5.34. The maximum absolute atomic E-state index is 10.5. The fourth-order valence-electron chi connectivity index (χ4n) is 2.47. The number of nitrogens with zero attached hydrogens (tertiary/aromatic N) is 1. The molecule has 0 heterocycles. The Morgan fingerprint density at radius 1 is 1.25 bits per heavy atom. The largest absolute Gasteiger partial charge is 0.389 e. The van der Waals surface area contributed by atoms with Crippen molar-refractivity contribution >= 4 is 0 Å². The van der Waals surface area contributed by atoms with Gasteiger partial charge in [0.15, 0.2) is 0 Å². The number of rotatable bonds is 6. The summed E-state index contributed by atoms with van der Waals surface area (Å²) >= 11 is 0. The Bertz CT molecular complexity index is 188. The third-order valence-electron chi connectivity index (χ3n) is 3.59. The molecule has 1 rings (SSSR count). The number of methoxy groups -OCH3 is 1. The van der Waals surface area contributed by atoms with Gasteiger partial charge in [-0.2, -0.15) is 0 Å². The van der Waals surface area contributed by atoms with E-state index >= 15 is 0 Å². The molecule has 0 aliphatic heterocycles. The summed E-state index contributed by atoms with van der Waals surface area (Å²) in [4.78, 5) is 2.33. The minimum atomic E-state index is -0.448. The van der Waals surface area contributed by atoms with Crippen molar-refractivity contribution in [1.29, 1.82) is 0 Å². The van der Waals surface area contributed by atoms with E-state index in [0.717, 1.165) is 32.5 Å². The molecule has 0 bridgehead atoms. The van der Waals surface area contributed by atoms with Gasteiger partial charge in [-0.1, -0.05) is 19.3 Å². The summed E-state index contributed by atoms with van der Waals surface area (Å²) < 4.78 is 5.12. The first-order valence-electron chi connectivity index (χ1n) is 6.53. The highest BCUT2D eigenvalue weighted by atomic mass is 16.5. The highest BCUT2D eigenvalue weighted by Crippen LogP contribution is 2.29. The van der Waals surface area contributed by atoms with Gasteiger partial charge in [0, 0.05) is 26.2 Å². The van der Waals surface area contributed by atoms with Gasteiger partial charge < -0.3 is 9.84 Å². The fraction of sp³-hybridized carbons (Fsp3) is 1.00. The first kappa shape index (κ1) is 13.9. The normalized spacial score (nSPS) is 20.6. The average Bonchev–Trinajstić information content (AvgIpc) is 2.25. The van der Waals surface area contributed by atoms with Crippen molar-refractivity contribution in [2.24, 2.45) is 0 Å². The van der Waals surface area contributed by atoms with Gasteiger partial charge in [0.05, 0.1) is 12.2 Å². The zero-order chi connectivity index (χ0) is 12.0. The van der Waals surface area contributed by atoms with Crippen molar-refractivity contribution in [1.82, 2.24) is 4.90 Å². The Labute approximate surface area is 99.8 Å². The quantitative estimate of drug-likeness (QED) is 0.756. The molecule has 1 saturated carbocycles. The first-order valence-corrected chi connectivity index (χ1v) is 6.53. The zero-order valence-corrected chi connectivity index (χ0v) is 11.0. The van der Waals surface area contributed by atoms with Crippen LogP contribution in [0, 0.1) is 0 Å². The molecule has 0 unspecified atom stereocenters. The molecule has 0 spiro atoms. The van der Waals surface area contributed by atoms with E-state index in [-0.39, 0.29) is 0 Å². The van der Waals surface area contributed by atoms with E-state index in [1.807, 2.05) is 0 Å². The van der Waals surface area contributed by atoms with Crippen LogP contribution in [0.2, 0.25) is 0 Å². The first-order chi connectivity index (χ1) is 7.57. The molecule has 0 aromatic carbocycles. The van der Waals surface area contributed by atoms with Gasteiger partial charge in [-0.3, -0.25) is 4.90 Å². The van der Waals surface area contributed by atoms with Crippen molar-refractivity contribution in [3.63, 3.8) is 0 Å². The van der Waals surface area contributed by atoms with Gasteiger partial charge in [0.1, 0.15) is 0 Å². The minimum Gasteiger partial charge on any atom is -0.389 e. The molecule has 0 atom stereocenters. The number of hydrogen-bond donors (Lipinski definition) is 1. The third-order valence-corrected chi connectivity index (χ3v) is 3.59. The summed E-state index contributed by atoms with van der Waals surface area (Å²) in [7, 11) is 1.73. The van der Waals surface area contributed by atoms with Gasteiger partial charge in [0.25, 0.3) is 0 Å². The lowest BCUT2D eigenvalue weighted by Crippen LogP contribution is -2.47. The van der Waals surface area contributed by atoms with Crippen LogP contribution >= 0.6 is 0 Å². The Morgan fingerprint density at radius 2 is 1.88 bits per heavy atom. The van der Waals surface area contributed by atoms with Crippen LogP contribution in [0.1, 0.15) is 46.0 Å². The molecule has 1 N–H and O–H groups in total. The summed E-state index contributed by atoms with van der Waals surface area (Å²) in [6.45, 7) is 6.82. The molecule has 96 valence electrons. The van der Waals surface area contributed by atoms with Gasteiger partial charge in [-0.15, -0.1) is 0 Å². The van der Waals surface area contributed by atoms with Crippen LogP contribution in [-0.2, 0) is 4.74 Å². The van der Waals surface area contributed by atoms with E-state index in [9.17, 15) is 5.11 Å². The number of ether oxygens (including phenoxy) is 1. The highest BCUT2D eigenvalue weighted by Gasteiger charge is 2.31. The molecule has 1 aliphatic rings. The molecule has 0 saturated heterocycles. The van der Waals surface area contributed by atoms with Crippen LogP contribution in [0.4, 0.5) is 0 Å². The molecular weight excluding hydrogens is 202 g/mol. The van der Waals surface area contributed by atoms with E-state index in [2.05, 4.69) is 18.7 Å². The molecule has 0 aromatic heterocycles. The van der Waals surface area contributed by atoms with Crippen LogP contribution in [-0.4, -0.2) is 48.5 Å². The van der Waals surface area contributed by atoms with Gasteiger partial charge >= 0.3 is 0 Å². The van der Waals surface area contributed by atoms with Gasteiger partial charge in [-0.05, 0) is 26.7 Å². The van der Waals surface area contributed by atoms with Crippen molar-refractivity contribution in [2.75, 3.05) is 26.8 Å². The summed E-state index contributed by atoms with van der Waals surface area (Å²) in [5.74, 6) is 0. The Kier molecular flexibility index (Phi) is 5.73. The molecule has 1 aliphatic carbocycles. The molecule has 3 heteroatoms. The third kappa shape index (κ3) is 4.40. The lowest BCUT2D eigenvalue weighted by molar-refractivity contribution is -0.0370. The molecule has 0 aromatic rings. The van der Waals surface area contributed by atoms with Crippen molar-refractivity contribution < 1.29 is 9.84 Å². The van der Waals surface area contributed by atoms with Crippen molar-refractivity contribution in [3.05, 3.63) is 0 Å². The van der Waals surface area contributed by atoms with E-state index in [4.69, 9.17) is 4.74 Å². The standard InChI is InChI=1S/C13H27NO2/c1-12(2)14(9-10-16-3)11-13(15)7-5-4-6-8-13/h12,15H,4-11H2,1-3H3. The van der Waals surface area contributed by atoms with Crippen molar-refractivity contribution in [2.45, 2.75) is 57.6 Å². The number of hydrogen-bond acceptors (Lipinski definition) is 3. The monoisotopic (exact) mass is 229 g/mol.